The molecule has 0 aliphatic heterocycles. The first-order valence-corrected chi connectivity index (χ1v) is 6.13. The molecular weight excluding hydrogens is 212 g/mol. The Labute approximate surface area is 99.9 Å². The Morgan fingerprint density at radius 2 is 2.00 bits per heavy atom. The summed E-state index contributed by atoms with van der Waals surface area (Å²) in [7, 11) is 0. The molecule has 2 aromatic heterocycles. The van der Waals surface area contributed by atoms with Gasteiger partial charge in [0.25, 0.3) is 0 Å². The van der Waals surface area contributed by atoms with E-state index in [1.54, 1.807) is 6.07 Å². The molecule has 1 saturated carbocycles. The summed E-state index contributed by atoms with van der Waals surface area (Å²) in [5.41, 5.74) is 1.50. The second-order valence-electron chi connectivity index (χ2n) is 4.65. The fraction of sp³-hybridized carbons (Fsp3) is 0.462. The van der Waals surface area contributed by atoms with Crippen LogP contribution in [0.5, 0.6) is 0 Å². The van der Waals surface area contributed by atoms with Gasteiger partial charge in [-0.25, -0.2) is 0 Å². The van der Waals surface area contributed by atoms with Crippen LogP contribution < -0.4 is 0 Å². The van der Waals surface area contributed by atoms with Crippen molar-refractivity contribution < 1.29 is 0 Å². The maximum atomic E-state index is 8.93. The highest BCUT2D eigenvalue weighted by molar-refractivity contribution is 5.43. The molecule has 4 heteroatoms. The van der Waals surface area contributed by atoms with E-state index >= 15 is 0 Å². The Morgan fingerprint density at radius 3 is 2.76 bits per heavy atom. The number of aromatic nitrogens is 3. The van der Waals surface area contributed by atoms with E-state index < -0.39 is 0 Å². The molecule has 1 aliphatic rings. The van der Waals surface area contributed by atoms with Crippen molar-refractivity contribution in [2.24, 2.45) is 0 Å². The van der Waals surface area contributed by atoms with Crippen LogP contribution in [0.25, 0.3) is 5.65 Å². The van der Waals surface area contributed by atoms with Gasteiger partial charge >= 0.3 is 0 Å². The van der Waals surface area contributed by atoms with Crippen molar-refractivity contribution in [2.45, 2.75) is 38.0 Å². The average molecular weight is 226 g/mol. The Bertz CT molecular complexity index is 573. The Balaban J connectivity index is 2.06. The molecule has 0 bridgehead atoms. The molecule has 17 heavy (non-hydrogen) atoms. The minimum Gasteiger partial charge on any atom is -0.285 e. The minimum atomic E-state index is 0.507. The number of nitriles is 1. The predicted octanol–water partition coefficient (Wildman–Crippen LogP) is 2.65. The molecule has 0 unspecified atom stereocenters. The molecule has 2 aromatic rings. The van der Waals surface area contributed by atoms with E-state index in [0.29, 0.717) is 11.5 Å². The van der Waals surface area contributed by atoms with Crippen LogP contribution in [-0.4, -0.2) is 14.6 Å². The monoisotopic (exact) mass is 226 g/mol. The van der Waals surface area contributed by atoms with Crippen LogP contribution in [0.4, 0.5) is 0 Å². The van der Waals surface area contributed by atoms with Gasteiger partial charge in [-0.3, -0.25) is 4.40 Å². The van der Waals surface area contributed by atoms with Crippen LogP contribution >= 0.6 is 0 Å². The standard InChI is InChI=1S/C13H14N4/c14-8-10-6-7-12-15-16-13(17(12)9-10)11-4-2-1-3-5-11/h6-7,9,11H,1-5H2. The summed E-state index contributed by atoms with van der Waals surface area (Å²) in [5.74, 6) is 1.53. The largest absolute Gasteiger partial charge is 0.285 e. The summed E-state index contributed by atoms with van der Waals surface area (Å²) < 4.78 is 1.98. The molecule has 0 saturated heterocycles. The predicted molar refractivity (Wildman–Crippen MR) is 63.5 cm³/mol. The van der Waals surface area contributed by atoms with Gasteiger partial charge in [0, 0.05) is 12.1 Å². The summed E-state index contributed by atoms with van der Waals surface area (Å²) in [6.45, 7) is 0. The summed E-state index contributed by atoms with van der Waals surface area (Å²) in [5, 5.41) is 17.4. The summed E-state index contributed by atoms with van der Waals surface area (Å²) in [6, 6.07) is 5.81. The highest BCUT2D eigenvalue weighted by Crippen LogP contribution is 2.31. The molecule has 0 aromatic carbocycles. The van der Waals surface area contributed by atoms with Gasteiger partial charge in [-0.15, -0.1) is 10.2 Å². The fourth-order valence-corrected chi connectivity index (χ4v) is 2.61. The molecule has 1 fully saturated rings. The number of pyridine rings is 1. The van der Waals surface area contributed by atoms with Crippen LogP contribution in [0.3, 0.4) is 0 Å². The molecule has 0 radical (unpaired) electrons. The van der Waals surface area contributed by atoms with E-state index in [9.17, 15) is 0 Å². The zero-order valence-electron chi connectivity index (χ0n) is 9.63. The lowest BCUT2D eigenvalue weighted by Gasteiger charge is -2.19. The van der Waals surface area contributed by atoms with E-state index in [4.69, 9.17) is 5.26 Å². The van der Waals surface area contributed by atoms with Crippen molar-refractivity contribution in [3.8, 4) is 6.07 Å². The summed E-state index contributed by atoms with van der Waals surface area (Å²) in [4.78, 5) is 0. The van der Waals surface area contributed by atoms with E-state index in [0.717, 1.165) is 11.5 Å². The molecule has 4 nitrogen and oxygen atoms in total. The van der Waals surface area contributed by atoms with Crippen molar-refractivity contribution in [1.82, 2.24) is 14.6 Å². The highest BCUT2D eigenvalue weighted by atomic mass is 15.2. The van der Waals surface area contributed by atoms with Gasteiger partial charge in [0.05, 0.1) is 5.56 Å². The van der Waals surface area contributed by atoms with E-state index in [2.05, 4.69) is 16.3 Å². The minimum absolute atomic E-state index is 0.507. The molecule has 2 heterocycles. The molecular formula is C13H14N4. The lowest BCUT2D eigenvalue weighted by atomic mass is 9.89. The van der Waals surface area contributed by atoms with Gasteiger partial charge in [-0.1, -0.05) is 19.3 Å². The number of hydrogen-bond donors (Lipinski definition) is 0. The first kappa shape index (κ1) is 10.3. The van der Waals surface area contributed by atoms with Gasteiger partial charge in [-0.2, -0.15) is 5.26 Å². The zero-order valence-corrected chi connectivity index (χ0v) is 9.63. The third-order valence-electron chi connectivity index (χ3n) is 3.53. The molecule has 3 rings (SSSR count). The van der Waals surface area contributed by atoms with Gasteiger partial charge in [0.15, 0.2) is 5.65 Å². The van der Waals surface area contributed by atoms with Gasteiger partial charge < -0.3 is 0 Å². The van der Waals surface area contributed by atoms with E-state index in [1.807, 2.05) is 16.7 Å². The van der Waals surface area contributed by atoms with Crippen LogP contribution in [0.2, 0.25) is 0 Å². The normalized spacial score (nSPS) is 17.1. The molecule has 0 atom stereocenters. The number of fused-ring (bicyclic) bond motifs is 1. The topological polar surface area (TPSA) is 54.0 Å². The highest BCUT2D eigenvalue weighted by Gasteiger charge is 2.20. The van der Waals surface area contributed by atoms with Crippen LogP contribution in [0.1, 0.15) is 49.4 Å². The first-order valence-electron chi connectivity index (χ1n) is 6.13. The molecule has 0 spiro atoms. The molecule has 0 amide bonds. The van der Waals surface area contributed by atoms with Gasteiger partial charge in [-0.05, 0) is 25.0 Å². The van der Waals surface area contributed by atoms with Crippen LogP contribution in [0.15, 0.2) is 18.3 Å². The third kappa shape index (κ3) is 1.78. The Kier molecular flexibility index (Phi) is 2.52. The van der Waals surface area contributed by atoms with Crippen molar-refractivity contribution >= 4 is 5.65 Å². The van der Waals surface area contributed by atoms with Crippen LogP contribution in [0, 0.1) is 11.3 Å². The van der Waals surface area contributed by atoms with Gasteiger partial charge in [0.1, 0.15) is 11.9 Å². The summed E-state index contributed by atoms with van der Waals surface area (Å²) >= 11 is 0. The first-order chi connectivity index (χ1) is 8.38. The Hall–Kier alpha value is -1.89. The second kappa shape index (κ2) is 4.17. The average Bonchev–Trinajstić information content (AvgIpc) is 2.82. The lowest BCUT2D eigenvalue weighted by molar-refractivity contribution is 0.426. The maximum absolute atomic E-state index is 8.93. The number of nitrogens with zero attached hydrogens (tertiary/aromatic N) is 4. The quantitative estimate of drug-likeness (QED) is 0.751. The number of rotatable bonds is 1. The van der Waals surface area contributed by atoms with Crippen molar-refractivity contribution in [1.29, 1.82) is 5.26 Å². The van der Waals surface area contributed by atoms with Crippen LogP contribution in [-0.2, 0) is 0 Å². The van der Waals surface area contributed by atoms with Gasteiger partial charge in [0.2, 0.25) is 0 Å². The number of hydrogen-bond acceptors (Lipinski definition) is 3. The fourth-order valence-electron chi connectivity index (χ4n) is 2.61. The Morgan fingerprint density at radius 1 is 1.18 bits per heavy atom. The second-order valence-corrected chi connectivity index (χ2v) is 4.65. The van der Waals surface area contributed by atoms with Crippen molar-refractivity contribution in [3.63, 3.8) is 0 Å². The molecule has 86 valence electrons. The lowest BCUT2D eigenvalue weighted by Crippen LogP contribution is -2.08. The van der Waals surface area contributed by atoms with E-state index in [-0.39, 0.29) is 0 Å². The molecule has 1 aliphatic carbocycles. The SMILES string of the molecule is N#Cc1ccc2nnc(C3CCCCC3)n2c1. The van der Waals surface area contributed by atoms with Crippen molar-refractivity contribution in [3.05, 3.63) is 29.7 Å². The maximum Gasteiger partial charge on any atom is 0.160 e. The van der Waals surface area contributed by atoms with E-state index in [1.165, 1.54) is 32.1 Å². The zero-order chi connectivity index (χ0) is 11.7. The smallest absolute Gasteiger partial charge is 0.160 e. The third-order valence-corrected chi connectivity index (χ3v) is 3.53. The molecule has 0 N–H and O–H groups in total. The van der Waals surface area contributed by atoms with Crippen molar-refractivity contribution in [2.75, 3.05) is 0 Å². The summed E-state index contributed by atoms with van der Waals surface area (Å²) in [6.07, 6.45) is 8.11.